The summed E-state index contributed by atoms with van der Waals surface area (Å²) in [4.78, 5) is 16.8. The average molecular weight is 387 g/mol. The molecule has 3 rings (SSSR count). The van der Waals surface area contributed by atoms with E-state index in [9.17, 15) is 14.3 Å². The average Bonchev–Trinajstić information content (AvgIpc) is 2.70. The Morgan fingerprint density at radius 2 is 1.89 bits per heavy atom. The lowest BCUT2D eigenvalue weighted by molar-refractivity contribution is -0.122. The molecule has 0 saturated heterocycles. The fourth-order valence-corrected chi connectivity index (χ4v) is 3.16. The molecule has 1 amide bonds. The summed E-state index contributed by atoms with van der Waals surface area (Å²) < 4.78 is 13.3. The molecule has 0 saturated carbocycles. The number of halogens is 2. The lowest BCUT2D eigenvalue weighted by Crippen LogP contribution is -2.32. The molecule has 2 unspecified atom stereocenters. The Labute approximate surface area is 162 Å². The first-order valence-electron chi connectivity index (χ1n) is 8.72. The summed E-state index contributed by atoms with van der Waals surface area (Å²) in [6.07, 6.45) is 1.41. The van der Waals surface area contributed by atoms with Gasteiger partial charge >= 0.3 is 0 Å². The molecule has 0 fully saturated rings. The van der Waals surface area contributed by atoms with Crippen LogP contribution in [0.15, 0.2) is 60.8 Å². The topological polar surface area (TPSA) is 62.2 Å². The number of benzene rings is 2. The number of fused-ring (bicyclic) bond motifs is 1. The Morgan fingerprint density at radius 1 is 1.15 bits per heavy atom. The number of hydrogen-bond donors (Lipinski definition) is 2. The van der Waals surface area contributed by atoms with E-state index in [0.29, 0.717) is 28.9 Å². The van der Waals surface area contributed by atoms with E-state index in [1.54, 1.807) is 6.20 Å². The van der Waals surface area contributed by atoms with E-state index < -0.39 is 12.1 Å². The third-order valence-corrected chi connectivity index (χ3v) is 4.65. The molecule has 2 atom stereocenters. The van der Waals surface area contributed by atoms with E-state index in [2.05, 4.69) is 10.3 Å². The van der Waals surface area contributed by atoms with Crippen LogP contribution in [0.25, 0.3) is 10.9 Å². The van der Waals surface area contributed by atoms with Crippen LogP contribution in [0, 0.1) is 5.82 Å². The predicted octanol–water partition coefficient (Wildman–Crippen LogP) is 4.28. The van der Waals surface area contributed by atoms with Crippen LogP contribution >= 0.6 is 11.6 Å². The minimum atomic E-state index is -1.06. The summed E-state index contributed by atoms with van der Waals surface area (Å²) in [5.74, 6) is -0.218. The van der Waals surface area contributed by atoms with Gasteiger partial charge < -0.3 is 10.4 Å². The third-order valence-electron chi connectivity index (χ3n) is 4.38. The van der Waals surface area contributed by atoms with Gasteiger partial charge in [-0.25, -0.2) is 4.39 Å². The van der Waals surface area contributed by atoms with Gasteiger partial charge in [-0.05, 0) is 30.2 Å². The highest BCUT2D eigenvalue weighted by atomic mass is 35.5. The second-order valence-corrected chi connectivity index (χ2v) is 6.63. The van der Waals surface area contributed by atoms with Crippen LogP contribution in [0.3, 0.4) is 0 Å². The van der Waals surface area contributed by atoms with Gasteiger partial charge in [0.1, 0.15) is 11.9 Å². The minimum absolute atomic E-state index is 0.213. The fraction of sp³-hybridized carbons (Fsp3) is 0.238. The van der Waals surface area contributed by atoms with Gasteiger partial charge in [-0.3, -0.25) is 9.78 Å². The number of aromatic nitrogens is 1. The summed E-state index contributed by atoms with van der Waals surface area (Å²) in [5, 5.41) is 14.8. The van der Waals surface area contributed by atoms with Crippen LogP contribution in [0.1, 0.15) is 36.1 Å². The Hall–Kier alpha value is -2.50. The Balaban J connectivity index is 2.00. The minimum Gasteiger partial charge on any atom is -0.386 e. The lowest BCUT2D eigenvalue weighted by atomic mass is 9.93. The van der Waals surface area contributed by atoms with Crippen molar-refractivity contribution in [3.63, 3.8) is 0 Å². The van der Waals surface area contributed by atoms with Crippen molar-refractivity contribution in [2.24, 2.45) is 0 Å². The molecule has 6 heteroatoms. The molecule has 1 heterocycles. The molecule has 0 radical (unpaired) electrons. The van der Waals surface area contributed by atoms with Gasteiger partial charge in [0, 0.05) is 29.4 Å². The van der Waals surface area contributed by atoms with Gasteiger partial charge in [-0.1, -0.05) is 36.4 Å². The number of para-hydroxylation sites is 1. The quantitative estimate of drug-likeness (QED) is 0.595. The standard InChI is InChI=1S/C21H20ClFN2O2/c22-12-2-7-18(26)25-20(21(27)15-8-10-16(23)11-9-15)17-6-1-4-14-5-3-13-24-19(14)17/h1,3-6,8-11,13,20-21,27H,2,7,12H2,(H,25,26). The summed E-state index contributed by atoms with van der Waals surface area (Å²) in [6, 6.07) is 14.2. The molecule has 27 heavy (non-hydrogen) atoms. The van der Waals surface area contributed by atoms with Crippen LogP contribution in [0.4, 0.5) is 4.39 Å². The molecule has 0 spiro atoms. The second-order valence-electron chi connectivity index (χ2n) is 6.26. The van der Waals surface area contributed by atoms with E-state index in [-0.39, 0.29) is 18.1 Å². The van der Waals surface area contributed by atoms with Crippen LogP contribution in [-0.4, -0.2) is 21.9 Å². The Morgan fingerprint density at radius 3 is 2.63 bits per heavy atom. The molecule has 2 N–H and O–H groups in total. The second kappa shape index (κ2) is 8.93. The molecule has 0 aliphatic heterocycles. The number of rotatable bonds is 7. The van der Waals surface area contributed by atoms with Crippen molar-refractivity contribution >= 4 is 28.4 Å². The molecule has 4 nitrogen and oxygen atoms in total. The van der Waals surface area contributed by atoms with Gasteiger partial charge in [-0.2, -0.15) is 0 Å². The molecular formula is C21H20ClFN2O2. The number of nitrogens with one attached hydrogen (secondary N) is 1. The first-order chi connectivity index (χ1) is 13.1. The summed E-state index contributed by atoms with van der Waals surface area (Å²) >= 11 is 5.68. The number of hydrogen-bond acceptors (Lipinski definition) is 3. The number of amides is 1. The molecule has 0 aliphatic carbocycles. The zero-order valence-corrected chi connectivity index (χ0v) is 15.4. The fourth-order valence-electron chi connectivity index (χ4n) is 3.03. The van der Waals surface area contributed by atoms with Gasteiger partial charge in [0.15, 0.2) is 0 Å². The van der Waals surface area contributed by atoms with Crippen LogP contribution < -0.4 is 5.32 Å². The monoisotopic (exact) mass is 386 g/mol. The zero-order valence-electron chi connectivity index (χ0n) is 14.6. The van der Waals surface area contributed by atoms with E-state index in [0.717, 1.165) is 5.39 Å². The number of aliphatic hydroxyl groups excluding tert-OH is 1. The predicted molar refractivity (Wildman–Crippen MR) is 104 cm³/mol. The van der Waals surface area contributed by atoms with Crippen LogP contribution in [0.2, 0.25) is 0 Å². The maximum atomic E-state index is 13.3. The maximum Gasteiger partial charge on any atom is 0.220 e. The van der Waals surface area contributed by atoms with Crippen molar-refractivity contribution in [2.45, 2.75) is 25.0 Å². The molecule has 0 bridgehead atoms. The third kappa shape index (κ3) is 4.62. The summed E-state index contributed by atoms with van der Waals surface area (Å²) in [7, 11) is 0. The first kappa shape index (κ1) is 19.3. The van der Waals surface area contributed by atoms with Crippen molar-refractivity contribution in [1.29, 1.82) is 0 Å². The van der Waals surface area contributed by atoms with E-state index in [4.69, 9.17) is 11.6 Å². The van der Waals surface area contributed by atoms with Crippen molar-refractivity contribution in [3.8, 4) is 0 Å². The van der Waals surface area contributed by atoms with Gasteiger partial charge in [0.05, 0.1) is 11.6 Å². The van der Waals surface area contributed by atoms with Crippen molar-refractivity contribution < 1.29 is 14.3 Å². The highest BCUT2D eigenvalue weighted by molar-refractivity contribution is 6.17. The highest BCUT2D eigenvalue weighted by Crippen LogP contribution is 2.32. The number of carbonyl (C=O) groups is 1. The number of nitrogens with zero attached hydrogens (tertiary/aromatic N) is 1. The Bertz CT molecular complexity index is 912. The summed E-state index contributed by atoms with van der Waals surface area (Å²) in [5.41, 5.74) is 1.90. The van der Waals surface area contributed by atoms with Gasteiger partial charge in [0.2, 0.25) is 5.91 Å². The molecule has 140 valence electrons. The molecule has 1 aromatic heterocycles. The van der Waals surface area contributed by atoms with Crippen LogP contribution in [0.5, 0.6) is 0 Å². The smallest absolute Gasteiger partial charge is 0.220 e. The summed E-state index contributed by atoms with van der Waals surface area (Å²) in [6.45, 7) is 0. The highest BCUT2D eigenvalue weighted by Gasteiger charge is 2.26. The van der Waals surface area contributed by atoms with Gasteiger partial charge in [-0.15, -0.1) is 11.6 Å². The zero-order chi connectivity index (χ0) is 19.2. The number of aliphatic hydroxyl groups is 1. The molecular weight excluding hydrogens is 367 g/mol. The number of carbonyl (C=O) groups excluding carboxylic acids is 1. The Kier molecular flexibility index (Phi) is 6.37. The molecule has 0 aliphatic rings. The van der Waals surface area contributed by atoms with Gasteiger partial charge in [0.25, 0.3) is 0 Å². The van der Waals surface area contributed by atoms with E-state index in [1.807, 2.05) is 30.3 Å². The maximum absolute atomic E-state index is 13.3. The van der Waals surface area contributed by atoms with Crippen LogP contribution in [-0.2, 0) is 4.79 Å². The van der Waals surface area contributed by atoms with E-state index >= 15 is 0 Å². The first-order valence-corrected chi connectivity index (χ1v) is 9.26. The van der Waals surface area contributed by atoms with Crippen molar-refractivity contribution in [2.75, 3.05) is 5.88 Å². The normalized spacial score (nSPS) is 13.3. The van der Waals surface area contributed by atoms with Crippen molar-refractivity contribution in [3.05, 3.63) is 77.7 Å². The van der Waals surface area contributed by atoms with Crippen molar-refractivity contribution in [1.82, 2.24) is 10.3 Å². The molecule has 3 aromatic rings. The van der Waals surface area contributed by atoms with E-state index in [1.165, 1.54) is 24.3 Å². The lowest BCUT2D eigenvalue weighted by Gasteiger charge is -2.26. The number of alkyl halides is 1. The number of pyridine rings is 1. The largest absolute Gasteiger partial charge is 0.386 e. The molecule has 2 aromatic carbocycles. The SMILES string of the molecule is O=C(CCCCl)NC(c1cccc2cccnc12)C(O)c1ccc(F)cc1.